The Hall–Kier alpha value is -3.15. The van der Waals surface area contributed by atoms with Gasteiger partial charge in [-0.1, -0.05) is 6.92 Å². The molecule has 6 heteroatoms. The molecule has 0 fully saturated rings. The third-order valence-corrected chi connectivity index (χ3v) is 3.94. The van der Waals surface area contributed by atoms with Crippen molar-refractivity contribution in [2.45, 2.75) is 20.3 Å². The topological polar surface area (TPSA) is 83.7 Å². The van der Waals surface area contributed by atoms with Crippen LogP contribution in [0.4, 0.5) is 5.69 Å². The van der Waals surface area contributed by atoms with Crippen molar-refractivity contribution in [2.75, 3.05) is 5.32 Å². The van der Waals surface area contributed by atoms with E-state index in [2.05, 4.69) is 10.3 Å². The minimum absolute atomic E-state index is 0.176. The van der Waals surface area contributed by atoms with Gasteiger partial charge in [-0.05, 0) is 49.7 Å². The van der Waals surface area contributed by atoms with Crippen molar-refractivity contribution >= 4 is 23.2 Å². The van der Waals surface area contributed by atoms with Crippen molar-refractivity contribution in [3.05, 3.63) is 65.1 Å². The Balaban J connectivity index is 1.85. The molecule has 0 spiro atoms. The van der Waals surface area contributed by atoms with Gasteiger partial charge in [0.15, 0.2) is 0 Å². The molecule has 0 atom stereocenters. The van der Waals surface area contributed by atoms with Gasteiger partial charge in [0.05, 0.1) is 16.8 Å². The molecule has 0 saturated carbocycles. The number of aryl methyl sites for hydroxylation is 2. The molecule has 0 radical (unpaired) electrons. The van der Waals surface area contributed by atoms with E-state index in [4.69, 9.17) is 5.11 Å². The van der Waals surface area contributed by atoms with Crippen LogP contribution >= 0.6 is 0 Å². The van der Waals surface area contributed by atoms with Crippen molar-refractivity contribution < 1.29 is 14.7 Å². The van der Waals surface area contributed by atoms with Crippen LogP contribution in [0.5, 0.6) is 0 Å². The summed E-state index contributed by atoms with van der Waals surface area (Å²) in [5.41, 5.74) is 4.07. The summed E-state index contributed by atoms with van der Waals surface area (Å²) in [6, 6.07) is 9.58. The SMILES string of the molecule is CCc1nc2ccc(C(=O)Nc3ccc(C(=O)O)cc3)cn2c1C. The van der Waals surface area contributed by atoms with Gasteiger partial charge in [0, 0.05) is 17.6 Å². The molecule has 24 heavy (non-hydrogen) atoms. The Kier molecular flexibility index (Phi) is 4.04. The summed E-state index contributed by atoms with van der Waals surface area (Å²) >= 11 is 0. The number of aromatic nitrogens is 2. The second-order valence-electron chi connectivity index (χ2n) is 5.48. The number of imidazole rings is 1. The fourth-order valence-electron chi connectivity index (χ4n) is 2.58. The molecular formula is C18H17N3O3. The average molecular weight is 323 g/mol. The number of nitrogens with one attached hydrogen (secondary N) is 1. The van der Waals surface area contributed by atoms with Crippen molar-refractivity contribution in [1.29, 1.82) is 0 Å². The summed E-state index contributed by atoms with van der Waals surface area (Å²) in [5.74, 6) is -1.26. The molecule has 0 saturated heterocycles. The number of hydrogen-bond donors (Lipinski definition) is 2. The number of carbonyl (C=O) groups is 2. The first-order valence-electron chi connectivity index (χ1n) is 7.62. The maximum atomic E-state index is 12.4. The predicted octanol–water partition coefficient (Wildman–Crippen LogP) is 3.16. The summed E-state index contributed by atoms with van der Waals surface area (Å²) in [4.78, 5) is 27.8. The molecule has 6 nitrogen and oxygen atoms in total. The Labute approximate surface area is 138 Å². The van der Waals surface area contributed by atoms with Gasteiger partial charge in [0.2, 0.25) is 0 Å². The van der Waals surface area contributed by atoms with Gasteiger partial charge in [-0.25, -0.2) is 9.78 Å². The van der Waals surface area contributed by atoms with Crippen LogP contribution in [0.3, 0.4) is 0 Å². The lowest BCUT2D eigenvalue weighted by Crippen LogP contribution is -2.13. The zero-order chi connectivity index (χ0) is 17.3. The molecule has 2 N–H and O–H groups in total. The van der Waals surface area contributed by atoms with Crippen LogP contribution in [0.15, 0.2) is 42.6 Å². The fourth-order valence-corrected chi connectivity index (χ4v) is 2.58. The van der Waals surface area contributed by atoms with Crippen molar-refractivity contribution in [3.8, 4) is 0 Å². The van der Waals surface area contributed by atoms with Crippen LogP contribution < -0.4 is 5.32 Å². The Morgan fingerprint density at radius 2 is 1.79 bits per heavy atom. The maximum absolute atomic E-state index is 12.4. The number of carboxylic acids is 1. The molecule has 3 aromatic rings. The molecule has 122 valence electrons. The Morgan fingerprint density at radius 3 is 2.42 bits per heavy atom. The molecule has 0 aliphatic rings. The van der Waals surface area contributed by atoms with Gasteiger partial charge in [0.25, 0.3) is 5.91 Å². The summed E-state index contributed by atoms with van der Waals surface area (Å²) < 4.78 is 1.90. The Bertz CT molecular complexity index is 927. The zero-order valence-electron chi connectivity index (χ0n) is 13.4. The van der Waals surface area contributed by atoms with E-state index in [1.54, 1.807) is 24.4 Å². The first kappa shape index (κ1) is 15.7. The number of benzene rings is 1. The average Bonchev–Trinajstić information content (AvgIpc) is 2.91. The second kappa shape index (κ2) is 6.16. The third-order valence-electron chi connectivity index (χ3n) is 3.94. The molecule has 0 aliphatic carbocycles. The summed E-state index contributed by atoms with van der Waals surface area (Å²) in [5, 5.41) is 11.7. The lowest BCUT2D eigenvalue weighted by atomic mass is 10.2. The zero-order valence-corrected chi connectivity index (χ0v) is 13.4. The predicted molar refractivity (Wildman–Crippen MR) is 90.7 cm³/mol. The van der Waals surface area contributed by atoms with Crippen molar-refractivity contribution in [3.63, 3.8) is 0 Å². The number of carbonyl (C=O) groups excluding carboxylic acids is 1. The van der Waals surface area contributed by atoms with Crippen LogP contribution in [-0.4, -0.2) is 26.4 Å². The highest BCUT2D eigenvalue weighted by Crippen LogP contribution is 2.16. The third kappa shape index (κ3) is 2.86. The van der Waals surface area contributed by atoms with Crippen LogP contribution in [-0.2, 0) is 6.42 Å². The van der Waals surface area contributed by atoms with Gasteiger partial charge in [-0.2, -0.15) is 0 Å². The molecule has 2 heterocycles. The number of nitrogens with zero attached hydrogens (tertiary/aromatic N) is 2. The van der Waals surface area contributed by atoms with E-state index in [0.29, 0.717) is 11.3 Å². The van der Waals surface area contributed by atoms with Gasteiger partial charge >= 0.3 is 5.97 Å². The van der Waals surface area contributed by atoms with E-state index in [-0.39, 0.29) is 11.5 Å². The monoisotopic (exact) mass is 323 g/mol. The fraction of sp³-hybridized carbons (Fsp3) is 0.167. The molecule has 0 bridgehead atoms. The molecule has 1 aromatic carbocycles. The standard InChI is InChI=1S/C18H17N3O3/c1-3-15-11(2)21-10-13(6-9-16(21)20-15)17(22)19-14-7-4-12(5-8-14)18(23)24/h4-10H,3H2,1-2H3,(H,19,22)(H,23,24). The molecule has 0 unspecified atom stereocenters. The van der Waals surface area contributed by atoms with Gasteiger partial charge in [-0.3, -0.25) is 4.79 Å². The maximum Gasteiger partial charge on any atom is 0.335 e. The smallest absolute Gasteiger partial charge is 0.335 e. The van der Waals surface area contributed by atoms with Crippen LogP contribution in [0, 0.1) is 6.92 Å². The van der Waals surface area contributed by atoms with E-state index in [1.807, 2.05) is 24.3 Å². The number of amides is 1. The van der Waals surface area contributed by atoms with Crippen molar-refractivity contribution in [1.82, 2.24) is 9.38 Å². The highest BCUT2D eigenvalue weighted by Gasteiger charge is 2.11. The van der Waals surface area contributed by atoms with Crippen LogP contribution in [0.1, 0.15) is 39.0 Å². The normalized spacial score (nSPS) is 10.8. The number of hydrogen-bond acceptors (Lipinski definition) is 3. The molecule has 1 amide bonds. The number of anilines is 1. The number of aromatic carboxylic acids is 1. The first-order chi connectivity index (χ1) is 11.5. The largest absolute Gasteiger partial charge is 0.478 e. The number of fused-ring (bicyclic) bond motifs is 1. The van der Waals surface area contributed by atoms with E-state index >= 15 is 0 Å². The Morgan fingerprint density at radius 1 is 1.12 bits per heavy atom. The summed E-state index contributed by atoms with van der Waals surface area (Å²) in [6.07, 6.45) is 2.60. The van der Waals surface area contributed by atoms with E-state index < -0.39 is 5.97 Å². The molecule has 0 aliphatic heterocycles. The van der Waals surface area contributed by atoms with Crippen LogP contribution in [0.2, 0.25) is 0 Å². The minimum atomic E-state index is -0.999. The van der Waals surface area contributed by atoms with Gasteiger partial charge < -0.3 is 14.8 Å². The highest BCUT2D eigenvalue weighted by atomic mass is 16.4. The highest BCUT2D eigenvalue weighted by molar-refractivity contribution is 6.04. The number of carboxylic acid groups (broad SMARTS) is 1. The summed E-state index contributed by atoms with van der Waals surface area (Å²) in [7, 11) is 0. The molecule has 2 aromatic heterocycles. The summed E-state index contributed by atoms with van der Waals surface area (Å²) in [6.45, 7) is 4.02. The minimum Gasteiger partial charge on any atom is -0.478 e. The second-order valence-corrected chi connectivity index (χ2v) is 5.48. The number of rotatable bonds is 4. The van der Waals surface area contributed by atoms with E-state index in [1.165, 1.54) is 12.1 Å². The molecule has 3 rings (SSSR count). The van der Waals surface area contributed by atoms with E-state index in [9.17, 15) is 9.59 Å². The number of pyridine rings is 1. The molecular weight excluding hydrogens is 306 g/mol. The first-order valence-corrected chi connectivity index (χ1v) is 7.62. The van der Waals surface area contributed by atoms with Gasteiger partial charge in [0.1, 0.15) is 5.65 Å². The van der Waals surface area contributed by atoms with Crippen LogP contribution in [0.25, 0.3) is 5.65 Å². The quantitative estimate of drug-likeness (QED) is 0.772. The lowest BCUT2D eigenvalue weighted by molar-refractivity contribution is 0.0696. The lowest BCUT2D eigenvalue weighted by Gasteiger charge is -2.06. The van der Waals surface area contributed by atoms with Gasteiger partial charge in [-0.15, -0.1) is 0 Å². The van der Waals surface area contributed by atoms with Crippen molar-refractivity contribution in [2.24, 2.45) is 0 Å². The van der Waals surface area contributed by atoms with E-state index in [0.717, 1.165) is 23.5 Å².